The first-order chi connectivity index (χ1) is 21.8. The molecule has 2 aliphatic heterocycles. The van der Waals surface area contributed by atoms with Crippen molar-refractivity contribution in [2.24, 2.45) is 5.41 Å². The lowest BCUT2D eigenvalue weighted by Gasteiger charge is -2.39. The monoisotopic (exact) mass is 635 g/mol. The van der Waals surface area contributed by atoms with Gasteiger partial charge in [-0.1, -0.05) is 30.3 Å². The van der Waals surface area contributed by atoms with Crippen LogP contribution in [0.4, 0.5) is 24.9 Å². The summed E-state index contributed by atoms with van der Waals surface area (Å²) in [6.07, 6.45) is -3.64. The van der Waals surface area contributed by atoms with Crippen LogP contribution in [0, 0.1) is 26.2 Å². The molecular formula is C33H36F3N7O3. The molecule has 0 amide bonds. The Morgan fingerprint density at radius 2 is 1.76 bits per heavy atom. The van der Waals surface area contributed by atoms with Crippen molar-refractivity contribution >= 4 is 17.7 Å². The maximum Gasteiger partial charge on any atom is 0.429 e. The number of carboxylic acids is 1. The van der Waals surface area contributed by atoms with Crippen molar-refractivity contribution in [3.8, 4) is 22.7 Å². The molecule has 6 rings (SSSR count). The summed E-state index contributed by atoms with van der Waals surface area (Å²) in [4.78, 5) is 21.7. The van der Waals surface area contributed by atoms with Crippen molar-refractivity contribution in [1.82, 2.24) is 25.1 Å². The van der Waals surface area contributed by atoms with Gasteiger partial charge in [0.15, 0.2) is 0 Å². The molecule has 2 aromatic carbocycles. The highest BCUT2D eigenvalue weighted by molar-refractivity contribution is 5.74. The molecule has 0 saturated carbocycles. The third kappa shape index (κ3) is 6.37. The van der Waals surface area contributed by atoms with Gasteiger partial charge in [-0.05, 0) is 79.8 Å². The molecule has 4 N–H and O–H groups in total. The molecule has 2 fully saturated rings. The number of piperidine rings is 1. The summed E-state index contributed by atoms with van der Waals surface area (Å²) in [5, 5.41) is 16.9. The number of carbonyl (C=O) groups is 1. The van der Waals surface area contributed by atoms with E-state index in [2.05, 4.69) is 20.4 Å². The molecule has 4 heterocycles. The number of hydrogen-bond acceptors (Lipinski definition) is 8. The average molecular weight is 636 g/mol. The number of hydrogen-bond donors (Lipinski definition) is 3. The number of rotatable bonds is 7. The van der Waals surface area contributed by atoms with Gasteiger partial charge in [0.2, 0.25) is 17.9 Å². The summed E-state index contributed by atoms with van der Waals surface area (Å²) in [7, 11) is 0. The van der Waals surface area contributed by atoms with Gasteiger partial charge >= 0.3 is 12.1 Å². The first-order valence-corrected chi connectivity index (χ1v) is 15.1. The lowest BCUT2D eigenvalue weighted by molar-refractivity contribution is -0.198. The number of halogens is 3. The smallest absolute Gasteiger partial charge is 0.429 e. The van der Waals surface area contributed by atoms with Crippen molar-refractivity contribution in [2.75, 3.05) is 30.3 Å². The van der Waals surface area contributed by atoms with Crippen LogP contribution in [0.1, 0.15) is 47.8 Å². The molecule has 0 radical (unpaired) electrons. The minimum absolute atomic E-state index is 0.136. The van der Waals surface area contributed by atoms with Gasteiger partial charge < -0.3 is 25.8 Å². The molecule has 4 aromatic rings. The van der Waals surface area contributed by atoms with E-state index < -0.39 is 24.3 Å². The highest BCUT2D eigenvalue weighted by Gasteiger charge is 2.46. The van der Waals surface area contributed by atoms with E-state index in [1.165, 1.54) is 16.8 Å². The lowest BCUT2D eigenvalue weighted by atomic mass is 9.76. The fraction of sp³-hybridized carbons (Fsp3) is 0.394. The fourth-order valence-electron chi connectivity index (χ4n) is 6.38. The molecule has 242 valence electrons. The largest absolute Gasteiger partial charge is 0.480 e. The third-order valence-electron chi connectivity index (χ3n) is 9.17. The van der Waals surface area contributed by atoms with Gasteiger partial charge in [-0.25, -0.2) is 4.68 Å². The zero-order valence-electron chi connectivity index (χ0n) is 25.8. The molecular weight excluding hydrogens is 599 g/mol. The highest BCUT2D eigenvalue weighted by atomic mass is 19.4. The Hall–Kier alpha value is -4.65. The second-order valence-corrected chi connectivity index (χ2v) is 12.4. The topological polar surface area (TPSA) is 131 Å². The summed E-state index contributed by atoms with van der Waals surface area (Å²) in [5.41, 5.74) is 10.4. The first kappa shape index (κ1) is 31.3. The number of ether oxygens (including phenoxy) is 1. The van der Waals surface area contributed by atoms with Crippen LogP contribution in [0.25, 0.3) is 16.8 Å². The van der Waals surface area contributed by atoms with Crippen molar-refractivity contribution < 1.29 is 27.8 Å². The van der Waals surface area contributed by atoms with Gasteiger partial charge in [0, 0.05) is 37.5 Å². The second-order valence-electron chi connectivity index (χ2n) is 12.4. The number of alkyl halides is 3. The number of nitrogens with one attached hydrogen (secondary N) is 1. The van der Waals surface area contributed by atoms with Gasteiger partial charge in [-0.2, -0.15) is 28.2 Å². The molecule has 1 spiro atoms. The Labute approximate surface area is 264 Å². The Morgan fingerprint density at radius 1 is 1.04 bits per heavy atom. The van der Waals surface area contributed by atoms with E-state index in [1.807, 2.05) is 36.9 Å². The van der Waals surface area contributed by atoms with Gasteiger partial charge in [-0.15, -0.1) is 0 Å². The molecule has 10 nitrogen and oxygen atoms in total. The lowest BCUT2D eigenvalue weighted by Crippen LogP contribution is -2.41. The molecule has 2 aromatic heterocycles. The molecule has 2 saturated heterocycles. The van der Waals surface area contributed by atoms with Crippen molar-refractivity contribution in [2.45, 2.75) is 58.4 Å². The van der Waals surface area contributed by atoms with Crippen LogP contribution in [0.15, 0.2) is 54.7 Å². The molecule has 0 bridgehead atoms. The van der Waals surface area contributed by atoms with E-state index in [9.17, 15) is 23.1 Å². The predicted octanol–water partition coefficient (Wildman–Crippen LogP) is 5.55. The van der Waals surface area contributed by atoms with E-state index in [0.717, 1.165) is 22.3 Å². The molecule has 2 aliphatic rings. The van der Waals surface area contributed by atoms with Crippen LogP contribution in [0.5, 0.6) is 5.88 Å². The van der Waals surface area contributed by atoms with Crippen LogP contribution in [0.2, 0.25) is 0 Å². The fourth-order valence-corrected chi connectivity index (χ4v) is 6.38. The summed E-state index contributed by atoms with van der Waals surface area (Å²) < 4.78 is 51.6. The number of aromatic nitrogens is 4. The van der Waals surface area contributed by atoms with E-state index in [-0.39, 0.29) is 28.5 Å². The molecule has 1 unspecified atom stereocenters. The number of nitrogens with zero attached hydrogens (tertiary/aromatic N) is 5. The van der Waals surface area contributed by atoms with Crippen LogP contribution >= 0.6 is 0 Å². The Balaban J connectivity index is 1.31. The number of nitrogen functional groups attached to an aromatic ring is 1. The number of aryl methyl sites for hydroxylation is 3. The molecule has 2 atom stereocenters. The summed E-state index contributed by atoms with van der Waals surface area (Å²) >= 11 is 0. The van der Waals surface area contributed by atoms with Crippen molar-refractivity contribution in [3.63, 3.8) is 0 Å². The third-order valence-corrected chi connectivity index (χ3v) is 9.17. The van der Waals surface area contributed by atoms with Gasteiger partial charge in [0.05, 0.1) is 11.4 Å². The molecule has 13 heteroatoms. The van der Waals surface area contributed by atoms with Crippen LogP contribution < -0.4 is 20.7 Å². The van der Waals surface area contributed by atoms with E-state index in [0.29, 0.717) is 50.4 Å². The quantitative estimate of drug-likeness (QED) is 0.239. The zero-order valence-corrected chi connectivity index (χ0v) is 25.8. The van der Waals surface area contributed by atoms with Crippen LogP contribution in [0.3, 0.4) is 0 Å². The summed E-state index contributed by atoms with van der Waals surface area (Å²) in [6, 6.07) is 13.2. The van der Waals surface area contributed by atoms with Gasteiger partial charge in [0.25, 0.3) is 0 Å². The van der Waals surface area contributed by atoms with Gasteiger partial charge in [0.1, 0.15) is 11.9 Å². The number of nitrogens with two attached hydrogens (primary N) is 1. The van der Waals surface area contributed by atoms with E-state index in [4.69, 9.17) is 10.5 Å². The van der Waals surface area contributed by atoms with Crippen molar-refractivity contribution in [3.05, 3.63) is 77.1 Å². The highest BCUT2D eigenvalue weighted by Crippen LogP contribution is 2.43. The number of carboxylic acid groups (broad SMARTS) is 1. The zero-order chi connectivity index (χ0) is 32.8. The normalized spacial score (nSPS) is 18.6. The maximum absolute atomic E-state index is 14.8. The van der Waals surface area contributed by atoms with E-state index >= 15 is 0 Å². The number of anilines is 2. The van der Waals surface area contributed by atoms with Crippen LogP contribution in [-0.2, 0) is 4.79 Å². The molecule has 46 heavy (non-hydrogen) atoms. The van der Waals surface area contributed by atoms with Gasteiger partial charge in [-0.3, -0.25) is 4.79 Å². The second kappa shape index (κ2) is 11.9. The average Bonchev–Trinajstić information content (AvgIpc) is 3.63. The first-order valence-electron chi connectivity index (χ1n) is 15.1. The number of benzene rings is 2. The molecule has 0 aliphatic carbocycles. The Morgan fingerprint density at radius 3 is 2.39 bits per heavy atom. The summed E-state index contributed by atoms with van der Waals surface area (Å²) in [6.45, 7) is 7.43. The minimum atomic E-state index is -4.81. The minimum Gasteiger partial charge on any atom is -0.480 e. The van der Waals surface area contributed by atoms with Crippen molar-refractivity contribution in [1.29, 1.82) is 0 Å². The SMILES string of the molecule is Cc1ccn(-c2cc(-c3ccc(C)c(C)c3)ccc2C(Oc2cc(N3CCC4(CC3)CN[C@H](C(=O)O)C4)nc(N)n2)C(F)(F)F)n1. The van der Waals surface area contributed by atoms with E-state index in [1.54, 1.807) is 31.3 Å². The Bertz CT molecular complexity index is 1770. The van der Waals surface area contributed by atoms with Crippen LogP contribution in [-0.4, -0.2) is 62.7 Å². The summed E-state index contributed by atoms with van der Waals surface area (Å²) in [5.74, 6) is -1.03. The maximum atomic E-state index is 14.8. The number of aliphatic carboxylic acids is 1. The standard InChI is InChI=1S/C33H36F3N7O3/c1-19-4-5-22(14-20(19)2)23-6-7-24(26(15-23)43-11-8-21(3)41-43)29(33(34,35)36)46-28-16-27(39-31(37)40-28)42-12-9-32(10-13-42)17-25(30(44)45)38-18-32/h4-8,11,14-16,25,29,38H,9-10,12-13,17-18H2,1-3H3,(H,44,45)(H2,37,39,40)/t25-,29?/m0/s1. The predicted molar refractivity (Wildman–Crippen MR) is 167 cm³/mol. The Kier molecular flexibility index (Phi) is 8.13.